The number of benzene rings is 1. The highest BCUT2D eigenvalue weighted by atomic mass is 32.2. The lowest BCUT2D eigenvalue weighted by Crippen LogP contribution is -2.47. The number of amides is 2. The first-order chi connectivity index (χ1) is 15.0. The molecule has 1 saturated carbocycles. The minimum Gasteiger partial charge on any atom is -0.497 e. The van der Waals surface area contributed by atoms with Crippen LogP contribution in [-0.2, 0) is 9.59 Å². The molecule has 0 saturated heterocycles. The molecular weight excluding hydrogens is 408 g/mol. The summed E-state index contributed by atoms with van der Waals surface area (Å²) in [7, 11) is 1.63. The maximum atomic E-state index is 13.4. The minimum absolute atomic E-state index is 0.0219. The molecule has 3 aliphatic rings. The molecule has 4 rings (SSSR count). The zero-order valence-electron chi connectivity index (χ0n) is 18.0. The van der Waals surface area contributed by atoms with E-state index >= 15 is 0 Å². The number of methoxy groups -OCH3 is 1. The minimum atomic E-state index is -0.126. The maximum absolute atomic E-state index is 13.4. The molecule has 1 N–H and O–H groups in total. The van der Waals surface area contributed by atoms with E-state index in [9.17, 15) is 9.59 Å². The Labute approximate surface area is 187 Å². The predicted molar refractivity (Wildman–Crippen MR) is 125 cm³/mol. The SMILES string of the molecule is COc1ccc(/C=C2\SC3C=CC=CC3=[N+](CC(=O)NC3CCCCC3C)C2=O)cc1. The molecule has 1 fully saturated rings. The maximum Gasteiger partial charge on any atom is 0.426 e. The summed E-state index contributed by atoms with van der Waals surface area (Å²) in [6, 6.07) is 7.81. The predicted octanol–water partition coefficient (Wildman–Crippen LogP) is 3.95. The molecule has 2 amide bonds. The topological polar surface area (TPSA) is 58.4 Å². The van der Waals surface area contributed by atoms with Crippen LogP contribution in [-0.4, -0.2) is 47.0 Å². The summed E-state index contributed by atoms with van der Waals surface area (Å²) in [6.07, 6.45) is 14.4. The van der Waals surface area contributed by atoms with Gasteiger partial charge in [-0.05, 0) is 42.5 Å². The molecule has 6 heteroatoms. The summed E-state index contributed by atoms with van der Waals surface area (Å²) < 4.78 is 6.85. The van der Waals surface area contributed by atoms with E-state index in [1.165, 1.54) is 18.2 Å². The van der Waals surface area contributed by atoms with Crippen LogP contribution in [0.2, 0.25) is 0 Å². The number of thioether (sulfide) groups is 1. The van der Waals surface area contributed by atoms with Crippen LogP contribution < -0.4 is 10.1 Å². The Hall–Kier alpha value is -2.60. The highest BCUT2D eigenvalue weighted by molar-refractivity contribution is 8.05. The standard InChI is InChI=1S/C25H28N2O3S/c1-17-7-3-4-8-20(17)26-24(28)16-27-21-9-5-6-10-22(21)31-23(25(27)29)15-18-11-13-19(30-2)14-12-18/h5-6,9-15,17,20,22H,3-4,7-8,16H2,1-2H3/p+1/b23-15-. The molecule has 1 heterocycles. The van der Waals surface area contributed by atoms with Gasteiger partial charge in [-0.15, -0.1) is 4.58 Å². The Balaban J connectivity index is 1.56. The number of allylic oxidation sites excluding steroid dienone is 3. The van der Waals surface area contributed by atoms with Crippen molar-refractivity contribution >= 4 is 35.4 Å². The summed E-state index contributed by atoms with van der Waals surface area (Å²) in [4.78, 5) is 26.9. The van der Waals surface area contributed by atoms with Crippen molar-refractivity contribution < 1.29 is 18.9 Å². The Kier molecular flexibility index (Phi) is 6.76. The summed E-state index contributed by atoms with van der Waals surface area (Å²) in [5.41, 5.74) is 1.80. The largest absolute Gasteiger partial charge is 0.497 e. The molecule has 0 radical (unpaired) electrons. The first-order valence-corrected chi connectivity index (χ1v) is 11.8. The first-order valence-electron chi connectivity index (χ1n) is 10.9. The summed E-state index contributed by atoms with van der Waals surface area (Å²) in [5.74, 6) is 1.04. The van der Waals surface area contributed by atoms with Crippen LogP contribution in [0.3, 0.4) is 0 Å². The lowest BCUT2D eigenvalue weighted by molar-refractivity contribution is -0.434. The molecular formula is C25H29N2O3S+. The van der Waals surface area contributed by atoms with Gasteiger partial charge < -0.3 is 10.1 Å². The highest BCUT2D eigenvalue weighted by Gasteiger charge is 2.40. The van der Waals surface area contributed by atoms with E-state index in [-0.39, 0.29) is 29.7 Å². The second-order valence-electron chi connectivity index (χ2n) is 8.32. The number of hydrogen-bond acceptors (Lipinski definition) is 4. The quantitative estimate of drug-likeness (QED) is 0.560. The van der Waals surface area contributed by atoms with E-state index < -0.39 is 0 Å². The third-order valence-corrected chi connectivity index (χ3v) is 7.35. The summed E-state index contributed by atoms with van der Waals surface area (Å²) >= 11 is 1.53. The molecule has 1 aromatic carbocycles. The number of ether oxygens (including phenoxy) is 1. The van der Waals surface area contributed by atoms with Gasteiger partial charge in [-0.1, -0.05) is 61.9 Å². The molecule has 0 aromatic heterocycles. The van der Waals surface area contributed by atoms with Crippen LogP contribution in [0.15, 0.2) is 53.5 Å². The molecule has 2 aliphatic carbocycles. The van der Waals surface area contributed by atoms with Crippen LogP contribution in [0.4, 0.5) is 0 Å². The molecule has 3 atom stereocenters. The van der Waals surface area contributed by atoms with Gasteiger partial charge in [0.15, 0.2) is 0 Å². The van der Waals surface area contributed by atoms with Gasteiger partial charge in [0.1, 0.15) is 15.9 Å². The number of nitrogens with zero attached hydrogens (tertiary/aromatic N) is 1. The lowest BCUT2D eigenvalue weighted by Gasteiger charge is -2.29. The van der Waals surface area contributed by atoms with Gasteiger partial charge in [0.05, 0.1) is 7.11 Å². The first kappa shape index (κ1) is 21.6. The van der Waals surface area contributed by atoms with Crippen molar-refractivity contribution in [3.05, 3.63) is 59.0 Å². The van der Waals surface area contributed by atoms with E-state index in [1.807, 2.05) is 48.6 Å². The number of hydrogen-bond donors (Lipinski definition) is 1. The van der Waals surface area contributed by atoms with Crippen molar-refractivity contribution in [1.82, 2.24) is 5.32 Å². The van der Waals surface area contributed by atoms with E-state index in [4.69, 9.17) is 4.74 Å². The van der Waals surface area contributed by atoms with Crippen molar-refractivity contribution in [1.29, 1.82) is 0 Å². The smallest absolute Gasteiger partial charge is 0.426 e. The van der Waals surface area contributed by atoms with Crippen molar-refractivity contribution in [2.24, 2.45) is 5.92 Å². The second-order valence-corrected chi connectivity index (χ2v) is 9.50. The van der Waals surface area contributed by atoms with Crippen LogP contribution >= 0.6 is 11.8 Å². The number of carbonyl (C=O) groups is 2. The monoisotopic (exact) mass is 437 g/mol. The fourth-order valence-corrected chi connectivity index (χ4v) is 5.51. The van der Waals surface area contributed by atoms with E-state index in [1.54, 1.807) is 11.7 Å². The molecule has 1 aliphatic heterocycles. The number of carbonyl (C=O) groups excluding carboxylic acids is 2. The van der Waals surface area contributed by atoms with Gasteiger partial charge in [0.2, 0.25) is 12.3 Å². The molecule has 1 aromatic rings. The van der Waals surface area contributed by atoms with Crippen LogP contribution in [0, 0.1) is 5.92 Å². The number of nitrogens with one attached hydrogen (secondary N) is 1. The highest BCUT2D eigenvalue weighted by Crippen LogP contribution is 2.33. The van der Waals surface area contributed by atoms with Crippen LogP contribution in [0.25, 0.3) is 6.08 Å². The zero-order chi connectivity index (χ0) is 21.8. The van der Waals surface area contributed by atoms with E-state index in [0.29, 0.717) is 10.8 Å². The lowest BCUT2D eigenvalue weighted by atomic mass is 9.86. The van der Waals surface area contributed by atoms with Gasteiger partial charge in [-0.25, -0.2) is 4.79 Å². The van der Waals surface area contributed by atoms with Crippen molar-refractivity contribution in [2.75, 3.05) is 13.7 Å². The zero-order valence-corrected chi connectivity index (χ0v) is 18.9. The van der Waals surface area contributed by atoms with E-state index in [2.05, 4.69) is 18.3 Å². The molecule has 0 bridgehead atoms. The van der Waals surface area contributed by atoms with Gasteiger partial charge in [0, 0.05) is 12.1 Å². The van der Waals surface area contributed by atoms with Gasteiger partial charge in [0.25, 0.3) is 5.91 Å². The van der Waals surface area contributed by atoms with Gasteiger partial charge >= 0.3 is 5.91 Å². The molecule has 0 spiro atoms. The third-order valence-electron chi connectivity index (χ3n) is 6.15. The molecule has 3 unspecified atom stereocenters. The molecule has 162 valence electrons. The number of rotatable bonds is 5. The van der Waals surface area contributed by atoms with Gasteiger partial charge in [-0.3, -0.25) is 4.79 Å². The van der Waals surface area contributed by atoms with E-state index in [0.717, 1.165) is 36.3 Å². The number of fused-ring (bicyclic) bond motifs is 1. The van der Waals surface area contributed by atoms with Crippen molar-refractivity contribution in [3.8, 4) is 5.75 Å². The molecule has 5 nitrogen and oxygen atoms in total. The van der Waals surface area contributed by atoms with Crippen molar-refractivity contribution in [2.45, 2.75) is 43.9 Å². The Morgan fingerprint density at radius 2 is 2.00 bits per heavy atom. The normalized spacial score (nSPS) is 26.7. The summed E-state index contributed by atoms with van der Waals surface area (Å²) in [5, 5.41) is 3.20. The Morgan fingerprint density at radius 1 is 1.23 bits per heavy atom. The Morgan fingerprint density at radius 3 is 2.74 bits per heavy atom. The van der Waals surface area contributed by atoms with Crippen molar-refractivity contribution in [3.63, 3.8) is 0 Å². The third kappa shape index (κ3) is 5.01. The summed E-state index contributed by atoms with van der Waals surface area (Å²) in [6.45, 7) is 2.24. The fraction of sp³-hybridized carbons (Fsp3) is 0.400. The van der Waals surface area contributed by atoms with Gasteiger partial charge in [-0.2, -0.15) is 0 Å². The fourth-order valence-electron chi connectivity index (χ4n) is 4.33. The Bertz CT molecular complexity index is 975. The average molecular weight is 438 g/mol. The van der Waals surface area contributed by atoms with Crippen LogP contribution in [0.5, 0.6) is 5.75 Å². The average Bonchev–Trinajstić information content (AvgIpc) is 2.78. The molecule has 31 heavy (non-hydrogen) atoms. The second kappa shape index (κ2) is 9.69. The van der Waals surface area contributed by atoms with Crippen LogP contribution in [0.1, 0.15) is 38.2 Å².